The molecule has 1 aromatic heterocycles. The fourth-order valence-electron chi connectivity index (χ4n) is 2.42. The van der Waals surface area contributed by atoms with Gasteiger partial charge in [-0.1, -0.05) is 0 Å². The lowest BCUT2D eigenvalue weighted by atomic mass is 10.0. The molecule has 0 aliphatic carbocycles. The van der Waals surface area contributed by atoms with E-state index in [1.165, 1.54) is 28.1 Å². The van der Waals surface area contributed by atoms with Crippen molar-refractivity contribution in [3.8, 4) is 17.0 Å². The summed E-state index contributed by atoms with van der Waals surface area (Å²) < 4.78 is 5.36. The highest BCUT2D eigenvalue weighted by atomic mass is 16.5. The molecule has 0 amide bonds. The molecule has 0 bridgehead atoms. The molecule has 1 aromatic carbocycles. The van der Waals surface area contributed by atoms with Gasteiger partial charge < -0.3 is 15.0 Å². The Kier molecular flexibility index (Phi) is 3.96. The third kappa shape index (κ3) is 2.66. The first-order valence-corrected chi connectivity index (χ1v) is 6.55. The Balaban J connectivity index is 2.47. The van der Waals surface area contributed by atoms with Gasteiger partial charge in [-0.3, -0.25) is 0 Å². The Morgan fingerprint density at radius 2 is 1.84 bits per heavy atom. The van der Waals surface area contributed by atoms with Gasteiger partial charge in [-0.05, 0) is 62.7 Å². The Bertz CT molecular complexity index is 585. The molecule has 102 valence electrons. The molecule has 0 saturated carbocycles. The number of H-pyrrole nitrogens is 1. The lowest BCUT2D eigenvalue weighted by Crippen LogP contribution is -2.04. The van der Waals surface area contributed by atoms with Crippen LogP contribution in [0.4, 0.5) is 0 Å². The van der Waals surface area contributed by atoms with Gasteiger partial charge in [0, 0.05) is 23.5 Å². The highest BCUT2D eigenvalue weighted by Gasteiger charge is 2.10. The van der Waals surface area contributed by atoms with Gasteiger partial charge in [0.2, 0.25) is 0 Å². The first kappa shape index (κ1) is 13.7. The van der Waals surface area contributed by atoms with Crippen LogP contribution in [0.1, 0.15) is 22.4 Å². The van der Waals surface area contributed by atoms with Crippen LogP contribution in [0.3, 0.4) is 0 Å². The third-order valence-electron chi connectivity index (χ3n) is 3.52. The van der Waals surface area contributed by atoms with Gasteiger partial charge in [-0.2, -0.15) is 0 Å². The zero-order valence-electron chi connectivity index (χ0n) is 12.3. The number of ether oxygens (including phenoxy) is 1. The second kappa shape index (κ2) is 5.49. The summed E-state index contributed by atoms with van der Waals surface area (Å²) in [6.07, 6.45) is 0. The van der Waals surface area contributed by atoms with Gasteiger partial charge in [0.15, 0.2) is 0 Å². The fourth-order valence-corrected chi connectivity index (χ4v) is 2.42. The van der Waals surface area contributed by atoms with Crippen molar-refractivity contribution in [1.29, 1.82) is 0 Å². The van der Waals surface area contributed by atoms with Gasteiger partial charge in [0.1, 0.15) is 5.75 Å². The van der Waals surface area contributed by atoms with Crippen LogP contribution in [0.15, 0.2) is 18.2 Å². The van der Waals surface area contributed by atoms with Crippen LogP contribution < -0.4 is 10.1 Å². The van der Waals surface area contributed by atoms with E-state index in [1.54, 1.807) is 7.11 Å². The molecule has 0 aliphatic rings. The molecule has 2 aromatic rings. The van der Waals surface area contributed by atoms with Crippen molar-refractivity contribution in [2.24, 2.45) is 0 Å². The van der Waals surface area contributed by atoms with E-state index < -0.39 is 0 Å². The topological polar surface area (TPSA) is 37.0 Å². The van der Waals surface area contributed by atoms with Crippen molar-refractivity contribution >= 4 is 0 Å². The van der Waals surface area contributed by atoms with Crippen LogP contribution in [-0.2, 0) is 6.54 Å². The van der Waals surface area contributed by atoms with Gasteiger partial charge in [0.05, 0.1) is 7.11 Å². The van der Waals surface area contributed by atoms with E-state index in [0.717, 1.165) is 17.9 Å². The Labute approximate surface area is 115 Å². The molecule has 3 heteroatoms. The molecule has 0 radical (unpaired) electrons. The fraction of sp³-hybridized carbons (Fsp3) is 0.375. The summed E-state index contributed by atoms with van der Waals surface area (Å²) in [7, 11) is 3.68. The summed E-state index contributed by atoms with van der Waals surface area (Å²) in [4.78, 5) is 3.47. The molecule has 0 fully saturated rings. The largest absolute Gasteiger partial charge is 0.496 e. The third-order valence-corrected chi connectivity index (χ3v) is 3.52. The van der Waals surface area contributed by atoms with E-state index in [2.05, 4.69) is 49.3 Å². The van der Waals surface area contributed by atoms with E-state index in [-0.39, 0.29) is 0 Å². The maximum atomic E-state index is 5.36. The van der Waals surface area contributed by atoms with E-state index in [4.69, 9.17) is 4.74 Å². The first-order chi connectivity index (χ1) is 9.06. The zero-order valence-corrected chi connectivity index (χ0v) is 12.3. The lowest BCUT2D eigenvalue weighted by molar-refractivity contribution is 0.411. The van der Waals surface area contributed by atoms with Gasteiger partial charge >= 0.3 is 0 Å². The maximum absolute atomic E-state index is 5.36. The van der Waals surface area contributed by atoms with Crippen molar-refractivity contribution in [3.63, 3.8) is 0 Å². The Morgan fingerprint density at radius 3 is 2.47 bits per heavy atom. The highest BCUT2D eigenvalue weighted by molar-refractivity contribution is 5.68. The summed E-state index contributed by atoms with van der Waals surface area (Å²) in [5.74, 6) is 0.944. The molecule has 0 unspecified atom stereocenters. The summed E-state index contributed by atoms with van der Waals surface area (Å²) in [6, 6.07) is 6.50. The molecular weight excluding hydrogens is 236 g/mol. The number of methoxy groups -OCH3 is 1. The molecular formula is C16H22N2O. The number of benzene rings is 1. The molecule has 19 heavy (non-hydrogen) atoms. The quantitative estimate of drug-likeness (QED) is 0.882. The van der Waals surface area contributed by atoms with E-state index in [1.807, 2.05) is 7.05 Å². The SMILES string of the molecule is CNCc1cc(-c2cc(C)c(OC)cc2C)[nH]c1C. The Morgan fingerprint density at radius 1 is 1.11 bits per heavy atom. The number of hydrogen-bond donors (Lipinski definition) is 2. The van der Waals surface area contributed by atoms with Crippen molar-refractivity contribution < 1.29 is 4.74 Å². The van der Waals surface area contributed by atoms with Crippen LogP contribution in [0.2, 0.25) is 0 Å². The summed E-state index contributed by atoms with van der Waals surface area (Å²) in [5.41, 5.74) is 7.32. The number of nitrogens with one attached hydrogen (secondary N) is 2. The van der Waals surface area contributed by atoms with Gasteiger partial charge in [0.25, 0.3) is 0 Å². The molecule has 0 atom stereocenters. The molecule has 0 saturated heterocycles. The maximum Gasteiger partial charge on any atom is 0.122 e. The van der Waals surface area contributed by atoms with Crippen LogP contribution >= 0.6 is 0 Å². The van der Waals surface area contributed by atoms with Crippen LogP contribution in [0, 0.1) is 20.8 Å². The Hall–Kier alpha value is -1.74. The smallest absolute Gasteiger partial charge is 0.122 e. The number of aromatic amines is 1. The summed E-state index contributed by atoms with van der Waals surface area (Å²) >= 11 is 0. The zero-order chi connectivity index (χ0) is 14.0. The lowest BCUT2D eigenvalue weighted by Gasteiger charge is -2.10. The van der Waals surface area contributed by atoms with E-state index in [9.17, 15) is 0 Å². The normalized spacial score (nSPS) is 10.8. The van der Waals surface area contributed by atoms with Crippen molar-refractivity contribution in [2.45, 2.75) is 27.3 Å². The van der Waals surface area contributed by atoms with Crippen LogP contribution in [0.5, 0.6) is 5.75 Å². The minimum Gasteiger partial charge on any atom is -0.496 e. The second-order valence-corrected chi connectivity index (χ2v) is 5.00. The second-order valence-electron chi connectivity index (χ2n) is 5.00. The number of rotatable bonds is 4. The molecule has 3 nitrogen and oxygen atoms in total. The molecule has 2 rings (SSSR count). The first-order valence-electron chi connectivity index (χ1n) is 6.55. The van der Waals surface area contributed by atoms with E-state index in [0.29, 0.717) is 0 Å². The van der Waals surface area contributed by atoms with Gasteiger partial charge in [-0.25, -0.2) is 0 Å². The van der Waals surface area contributed by atoms with Crippen molar-refractivity contribution in [3.05, 3.63) is 40.6 Å². The van der Waals surface area contributed by atoms with E-state index >= 15 is 0 Å². The number of aryl methyl sites for hydroxylation is 3. The average molecular weight is 258 g/mol. The predicted molar refractivity (Wildman–Crippen MR) is 79.8 cm³/mol. The summed E-state index contributed by atoms with van der Waals surface area (Å²) in [5, 5.41) is 3.19. The van der Waals surface area contributed by atoms with Crippen molar-refractivity contribution in [2.75, 3.05) is 14.2 Å². The van der Waals surface area contributed by atoms with Gasteiger partial charge in [-0.15, -0.1) is 0 Å². The predicted octanol–water partition coefficient (Wildman–Crippen LogP) is 3.33. The monoisotopic (exact) mass is 258 g/mol. The minimum absolute atomic E-state index is 0.885. The standard InChI is InChI=1S/C16H22N2O/c1-10-7-16(19-5)11(2)6-14(10)15-8-13(9-17-4)12(3)18-15/h6-8,17-18H,9H2,1-5H3. The molecule has 2 N–H and O–H groups in total. The average Bonchev–Trinajstić information content (AvgIpc) is 2.73. The molecule has 0 aliphatic heterocycles. The van der Waals surface area contributed by atoms with Crippen molar-refractivity contribution in [1.82, 2.24) is 10.3 Å². The van der Waals surface area contributed by atoms with Crippen LogP contribution in [0.25, 0.3) is 11.3 Å². The number of hydrogen-bond acceptors (Lipinski definition) is 2. The molecule has 0 spiro atoms. The number of aromatic nitrogens is 1. The highest BCUT2D eigenvalue weighted by Crippen LogP contribution is 2.30. The summed E-state index contributed by atoms with van der Waals surface area (Å²) in [6.45, 7) is 7.19. The van der Waals surface area contributed by atoms with Crippen LogP contribution in [-0.4, -0.2) is 19.1 Å². The molecule has 1 heterocycles. The minimum atomic E-state index is 0.885.